The van der Waals surface area contributed by atoms with Gasteiger partial charge in [0.2, 0.25) is 5.95 Å². The Kier molecular flexibility index (Phi) is 7.78. The van der Waals surface area contributed by atoms with Crippen molar-refractivity contribution in [3.63, 3.8) is 0 Å². The van der Waals surface area contributed by atoms with Crippen LogP contribution in [0.3, 0.4) is 0 Å². The first-order chi connectivity index (χ1) is 14.5. The van der Waals surface area contributed by atoms with Crippen molar-refractivity contribution < 1.29 is 4.84 Å². The van der Waals surface area contributed by atoms with Crippen LogP contribution in [0.25, 0.3) is 0 Å². The van der Waals surface area contributed by atoms with Gasteiger partial charge in [-0.3, -0.25) is 10.3 Å². The molecule has 0 amide bonds. The van der Waals surface area contributed by atoms with Gasteiger partial charge in [0.15, 0.2) is 0 Å². The Morgan fingerprint density at radius 3 is 2.57 bits per heavy atom. The quantitative estimate of drug-likeness (QED) is 0.208. The van der Waals surface area contributed by atoms with Crippen molar-refractivity contribution in [1.82, 2.24) is 9.97 Å². The highest BCUT2D eigenvalue weighted by atomic mass is 79.9. The second kappa shape index (κ2) is 10.5. The van der Waals surface area contributed by atoms with Crippen LogP contribution < -0.4 is 21.4 Å². The lowest BCUT2D eigenvalue weighted by Crippen LogP contribution is -2.04. The standard InChI is InChI=1S/C21H25BrN6OS/c1-13(2)30-19-8-6-5-7-17(19)26-20-15(22)12-24-21(27-20)25-14-9-10-16(23-3)18(11-14)28-29-4/h5-13,23,28H,1-4H3,(H2,24,25,26,27). The van der Waals surface area contributed by atoms with E-state index in [1.165, 1.54) is 4.90 Å². The van der Waals surface area contributed by atoms with E-state index in [1.807, 2.05) is 43.4 Å². The fourth-order valence-electron chi connectivity index (χ4n) is 2.73. The summed E-state index contributed by atoms with van der Waals surface area (Å²) in [5.74, 6) is 1.17. The number of nitrogens with zero attached hydrogens (tertiary/aromatic N) is 2. The molecule has 3 rings (SSSR count). The monoisotopic (exact) mass is 488 g/mol. The topological polar surface area (TPSA) is 83.1 Å². The Bertz CT molecular complexity index is 1000. The smallest absolute Gasteiger partial charge is 0.229 e. The van der Waals surface area contributed by atoms with Crippen molar-refractivity contribution in [2.24, 2.45) is 0 Å². The Hall–Kier alpha value is -2.49. The summed E-state index contributed by atoms with van der Waals surface area (Å²) in [5.41, 5.74) is 6.42. The number of hydrogen-bond donors (Lipinski definition) is 4. The second-order valence-electron chi connectivity index (χ2n) is 6.62. The van der Waals surface area contributed by atoms with Gasteiger partial charge in [-0.15, -0.1) is 11.8 Å². The minimum absolute atomic E-state index is 0.481. The van der Waals surface area contributed by atoms with Crippen molar-refractivity contribution in [3.05, 3.63) is 53.1 Å². The minimum Gasteiger partial charge on any atom is -0.386 e. The van der Waals surface area contributed by atoms with Gasteiger partial charge in [-0.2, -0.15) is 4.98 Å². The average molecular weight is 489 g/mol. The van der Waals surface area contributed by atoms with Crippen molar-refractivity contribution in [3.8, 4) is 0 Å². The lowest BCUT2D eigenvalue weighted by atomic mass is 10.2. The van der Waals surface area contributed by atoms with Gasteiger partial charge in [0.1, 0.15) is 5.82 Å². The molecule has 30 heavy (non-hydrogen) atoms. The lowest BCUT2D eigenvalue weighted by molar-refractivity contribution is 0.271. The molecule has 0 aliphatic rings. The highest BCUT2D eigenvalue weighted by Crippen LogP contribution is 2.34. The summed E-state index contributed by atoms with van der Waals surface area (Å²) in [6.07, 6.45) is 1.73. The van der Waals surface area contributed by atoms with E-state index in [2.05, 4.69) is 67.2 Å². The van der Waals surface area contributed by atoms with E-state index in [0.717, 1.165) is 27.2 Å². The Morgan fingerprint density at radius 1 is 1.03 bits per heavy atom. The molecule has 0 saturated heterocycles. The molecule has 0 spiro atoms. The van der Waals surface area contributed by atoms with Crippen molar-refractivity contribution >= 4 is 62.2 Å². The van der Waals surface area contributed by atoms with Crippen molar-refractivity contribution in [1.29, 1.82) is 0 Å². The maximum Gasteiger partial charge on any atom is 0.229 e. The molecule has 0 aliphatic carbocycles. The number of rotatable bonds is 9. The first kappa shape index (κ1) is 22.2. The predicted molar refractivity (Wildman–Crippen MR) is 130 cm³/mol. The summed E-state index contributed by atoms with van der Waals surface area (Å²) >= 11 is 5.35. The van der Waals surface area contributed by atoms with Crippen LogP contribution in [0.15, 0.2) is 58.0 Å². The first-order valence-electron chi connectivity index (χ1n) is 9.43. The number of thioether (sulfide) groups is 1. The third-order valence-electron chi connectivity index (χ3n) is 4.00. The molecule has 0 bridgehead atoms. The van der Waals surface area contributed by atoms with Gasteiger partial charge in [-0.05, 0) is 46.3 Å². The number of benzene rings is 2. The van der Waals surface area contributed by atoms with Crippen LogP contribution in [0.4, 0.5) is 34.5 Å². The first-order valence-corrected chi connectivity index (χ1v) is 11.1. The minimum atomic E-state index is 0.481. The molecular formula is C21H25BrN6OS. The molecular weight excluding hydrogens is 464 g/mol. The molecule has 1 heterocycles. The van der Waals surface area contributed by atoms with Crippen LogP contribution in [0.5, 0.6) is 0 Å². The molecule has 4 N–H and O–H groups in total. The summed E-state index contributed by atoms with van der Waals surface area (Å²) < 4.78 is 0.782. The maximum absolute atomic E-state index is 5.05. The summed E-state index contributed by atoms with van der Waals surface area (Å²) in [6, 6.07) is 14.0. The molecule has 0 radical (unpaired) electrons. The fourth-order valence-corrected chi connectivity index (χ4v) is 3.93. The summed E-state index contributed by atoms with van der Waals surface area (Å²) in [4.78, 5) is 15.2. The van der Waals surface area contributed by atoms with Gasteiger partial charge < -0.3 is 16.0 Å². The highest BCUT2D eigenvalue weighted by Gasteiger charge is 2.11. The van der Waals surface area contributed by atoms with Gasteiger partial charge in [0.25, 0.3) is 0 Å². The van der Waals surface area contributed by atoms with Gasteiger partial charge >= 0.3 is 0 Å². The van der Waals surface area contributed by atoms with Crippen LogP contribution in [-0.4, -0.2) is 29.4 Å². The van der Waals surface area contributed by atoms with Gasteiger partial charge in [0, 0.05) is 29.1 Å². The Balaban J connectivity index is 1.84. The summed E-state index contributed by atoms with van der Waals surface area (Å²) in [6.45, 7) is 4.35. The Morgan fingerprint density at radius 2 is 1.83 bits per heavy atom. The molecule has 7 nitrogen and oxygen atoms in total. The lowest BCUT2D eigenvalue weighted by Gasteiger charge is -2.15. The fraction of sp³-hybridized carbons (Fsp3) is 0.238. The highest BCUT2D eigenvalue weighted by molar-refractivity contribution is 9.10. The number of aromatic nitrogens is 2. The van der Waals surface area contributed by atoms with Crippen LogP contribution in [0.1, 0.15) is 13.8 Å². The van der Waals surface area contributed by atoms with Crippen LogP contribution in [-0.2, 0) is 4.84 Å². The van der Waals surface area contributed by atoms with E-state index in [9.17, 15) is 0 Å². The number of hydrogen-bond acceptors (Lipinski definition) is 8. The van der Waals surface area contributed by atoms with E-state index in [1.54, 1.807) is 25.1 Å². The van der Waals surface area contributed by atoms with Crippen LogP contribution >= 0.6 is 27.7 Å². The molecule has 1 aromatic heterocycles. The third kappa shape index (κ3) is 5.78. The zero-order valence-electron chi connectivity index (χ0n) is 17.3. The molecule has 158 valence electrons. The average Bonchev–Trinajstić information content (AvgIpc) is 2.72. The summed E-state index contributed by atoms with van der Waals surface area (Å²) in [7, 11) is 3.43. The Labute approximate surface area is 189 Å². The molecule has 9 heteroatoms. The largest absolute Gasteiger partial charge is 0.386 e. The van der Waals surface area contributed by atoms with Crippen molar-refractivity contribution in [2.45, 2.75) is 24.0 Å². The van der Waals surface area contributed by atoms with Gasteiger partial charge in [-0.25, -0.2) is 4.98 Å². The second-order valence-corrected chi connectivity index (χ2v) is 9.09. The van der Waals surface area contributed by atoms with E-state index >= 15 is 0 Å². The zero-order valence-corrected chi connectivity index (χ0v) is 19.7. The van der Waals surface area contributed by atoms with Crippen LogP contribution in [0, 0.1) is 0 Å². The van der Waals surface area contributed by atoms with Gasteiger partial charge in [0.05, 0.1) is 28.6 Å². The summed E-state index contributed by atoms with van der Waals surface area (Å²) in [5, 5.41) is 10.3. The number of para-hydroxylation sites is 1. The molecule has 0 atom stereocenters. The van der Waals surface area contributed by atoms with Crippen LogP contribution in [0.2, 0.25) is 0 Å². The van der Waals surface area contributed by atoms with E-state index in [-0.39, 0.29) is 0 Å². The van der Waals surface area contributed by atoms with Crippen molar-refractivity contribution in [2.75, 3.05) is 35.6 Å². The molecule has 0 saturated carbocycles. The van der Waals surface area contributed by atoms with E-state index < -0.39 is 0 Å². The molecule has 2 aromatic carbocycles. The number of anilines is 6. The maximum atomic E-state index is 5.05. The molecule has 0 unspecified atom stereocenters. The molecule has 0 aliphatic heterocycles. The van der Waals surface area contributed by atoms with E-state index in [4.69, 9.17) is 4.84 Å². The number of halogens is 1. The number of nitrogens with one attached hydrogen (secondary N) is 4. The molecule has 3 aromatic rings. The zero-order chi connectivity index (χ0) is 21.5. The predicted octanol–water partition coefficient (Wildman–Crippen LogP) is 6.24. The van der Waals surface area contributed by atoms with E-state index in [0.29, 0.717) is 17.0 Å². The third-order valence-corrected chi connectivity index (χ3v) is 5.67. The normalized spacial score (nSPS) is 10.7. The van der Waals surface area contributed by atoms with Gasteiger partial charge in [-0.1, -0.05) is 26.0 Å². The SMILES string of the molecule is CNc1ccc(Nc2ncc(Br)c(Nc3ccccc3SC(C)C)n2)cc1NOC. The molecule has 0 fully saturated rings.